The molecule has 1 atom stereocenters. The molecule has 0 amide bonds. The van der Waals surface area contributed by atoms with E-state index in [1.54, 1.807) is 0 Å². The van der Waals surface area contributed by atoms with Gasteiger partial charge in [0, 0.05) is 38.1 Å². The van der Waals surface area contributed by atoms with E-state index in [0.717, 1.165) is 45.2 Å². The van der Waals surface area contributed by atoms with Gasteiger partial charge in [-0.05, 0) is 31.7 Å². The molecule has 4 nitrogen and oxygen atoms in total. The third kappa shape index (κ3) is 5.35. The van der Waals surface area contributed by atoms with Crippen molar-refractivity contribution in [1.29, 1.82) is 0 Å². The number of halogens is 1. The zero-order chi connectivity index (χ0) is 17.5. The molecule has 3 rings (SSSR count). The second-order valence-corrected chi connectivity index (χ2v) is 7.63. The molecule has 0 bridgehead atoms. The summed E-state index contributed by atoms with van der Waals surface area (Å²) in [6.07, 6.45) is 6.30. The Morgan fingerprint density at radius 2 is 2.00 bits per heavy atom. The summed E-state index contributed by atoms with van der Waals surface area (Å²) in [6.45, 7) is 6.74. The van der Waals surface area contributed by atoms with Gasteiger partial charge in [-0.2, -0.15) is 0 Å². The third-order valence-electron chi connectivity index (χ3n) is 5.73. The molecule has 0 spiro atoms. The summed E-state index contributed by atoms with van der Waals surface area (Å²) in [5.41, 5.74) is 1.68. The van der Waals surface area contributed by atoms with Crippen LogP contribution in [0.3, 0.4) is 0 Å². The molecule has 1 saturated carbocycles. The van der Waals surface area contributed by atoms with E-state index in [2.05, 4.69) is 54.5 Å². The molecule has 1 aromatic carbocycles. The van der Waals surface area contributed by atoms with Crippen molar-refractivity contribution in [2.75, 3.05) is 39.9 Å². The molecule has 2 aliphatic rings. The van der Waals surface area contributed by atoms with E-state index in [0.29, 0.717) is 5.92 Å². The lowest BCUT2D eigenvalue weighted by Gasteiger charge is -2.30. The van der Waals surface area contributed by atoms with Gasteiger partial charge in [0.15, 0.2) is 5.96 Å². The molecule has 1 aromatic rings. The van der Waals surface area contributed by atoms with Crippen molar-refractivity contribution in [2.24, 2.45) is 10.9 Å². The number of ether oxygens (including phenoxy) is 1. The average Bonchev–Trinajstić information content (AvgIpc) is 3.32. The Labute approximate surface area is 175 Å². The van der Waals surface area contributed by atoms with Gasteiger partial charge < -0.3 is 15.0 Å². The normalized spacial score (nSPS) is 22.1. The summed E-state index contributed by atoms with van der Waals surface area (Å²) in [6, 6.07) is 11.0. The highest BCUT2D eigenvalue weighted by Crippen LogP contribution is 2.41. The maximum absolute atomic E-state index is 5.53. The van der Waals surface area contributed by atoms with E-state index < -0.39 is 0 Å². The maximum atomic E-state index is 5.53. The first-order valence-corrected chi connectivity index (χ1v) is 9.86. The fraction of sp³-hybridized carbons (Fsp3) is 0.667. The molecule has 1 aliphatic carbocycles. The minimum Gasteiger partial charge on any atom is -0.381 e. The van der Waals surface area contributed by atoms with Crippen LogP contribution in [0.1, 0.15) is 44.6 Å². The zero-order valence-electron chi connectivity index (χ0n) is 16.2. The van der Waals surface area contributed by atoms with E-state index in [9.17, 15) is 0 Å². The molecular weight excluding hydrogens is 437 g/mol. The molecular formula is C21H34IN3O. The van der Waals surface area contributed by atoms with Crippen LogP contribution in [0.5, 0.6) is 0 Å². The van der Waals surface area contributed by atoms with Crippen molar-refractivity contribution in [1.82, 2.24) is 10.2 Å². The monoisotopic (exact) mass is 471 g/mol. The van der Waals surface area contributed by atoms with E-state index in [4.69, 9.17) is 9.73 Å². The lowest BCUT2D eigenvalue weighted by atomic mass is 9.79. The number of aliphatic imine (C=N–C) groups is 1. The number of hydrogen-bond donors (Lipinski definition) is 1. The maximum Gasteiger partial charge on any atom is 0.193 e. The van der Waals surface area contributed by atoms with E-state index in [-0.39, 0.29) is 29.4 Å². The minimum absolute atomic E-state index is 0. The molecule has 1 N–H and O–H groups in total. The summed E-state index contributed by atoms with van der Waals surface area (Å²) in [7, 11) is 2.16. The van der Waals surface area contributed by atoms with Crippen LogP contribution in [0.15, 0.2) is 35.3 Å². The number of rotatable bonds is 6. The van der Waals surface area contributed by atoms with Crippen LogP contribution in [0, 0.1) is 5.92 Å². The Morgan fingerprint density at radius 1 is 1.27 bits per heavy atom. The van der Waals surface area contributed by atoms with Gasteiger partial charge in [0.1, 0.15) is 0 Å². The summed E-state index contributed by atoms with van der Waals surface area (Å²) in [4.78, 5) is 7.36. The van der Waals surface area contributed by atoms with Crippen molar-refractivity contribution in [3.05, 3.63) is 35.9 Å². The van der Waals surface area contributed by atoms with Crippen molar-refractivity contribution in [2.45, 2.75) is 44.4 Å². The summed E-state index contributed by atoms with van der Waals surface area (Å²) in [5, 5.41) is 3.48. The number of benzene rings is 1. The molecule has 26 heavy (non-hydrogen) atoms. The predicted molar refractivity (Wildman–Crippen MR) is 120 cm³/mol. The van der Waals surface area contributed by atoms with Gasteiger partial charge >= 0.3 is 0 Å². The quantitative estimate of drug-likeness (QED) is 0.387. The van der Waals surface area contributed by atoms with Gasteiger partial charge in [-0.1, -0.05) is 43.2 Å². The van der Waals surface area contributed by atoms with Gasteiger partial charge in [0.05, 0.1) is 13.2 Å². The first kappa shape index (κ1) is 21.5. The molecule has 1 aliphatic heterocycles. The molecule has 0 radical (unpaired) electrons. The number of hydrogen-bond acceptors (Lipinski definition) is 2. The number of nitrogens with one attached hydrogen (secondary N) is 1. The Hall–Kier alpha value is -0.820. The molecule has 1 unspecified atom stereocenters. The predicted octanol–water partition coefficient (Wildman–Crippen LogP) is 4.05. The van der Waals surface area contributed by atoms with Crippen LogP contribution in [-0.2, 0) is 10.2 Å². The van der Waals surface area contributed by atoms with Gasteiger partial charge in [-0.15, -0.1) is 24.0 Å². The Bertz CT molecular complexity index is 552. The van der Waals surface area contributed by atoms with Crippen LogP contribution in [-0.4, -0.2) is 50.8 Å². The lowest BCUT2D eigenvalue weighted by Crippen LogP contribution is -2.42. The largest absolute Gasteiger partial charge is 0.381 e. The Kier molecular flexibility index (Phi) is 8.67. The Morgan fingerprint density at radius 3 is 2.62 bits per heavy atom. The van der Waals surface area contributed by atoms with E-state index in [1.165, 1.54) is 31.2 Å². The molecule has 146 valence electrons. The SMILES string of the molecule is CCNC(=NCC1(c2ccccc2)CCCC1)N(C)CC1CCOC1.I. The van der Waals surface area contributed by atoms with Crippen molar-refractivity contribution >= 4 is 29.9 Å². The van der Waals surface area contributed by atoms with Crippen LogP contribution >= 0.6 is 24.0 Å². The topological polar surface area (TPSA) is 36.9 Å². The molecule has 5 heteroatoms. The molecule has 0 aromatic heterocycles. The van der Waals surface area contributed by atoms with Gasteiger partial charge in [0.2, 0.25) is 0 Å². The van der Waals surface area contributed by atoms with Gasteiger partial charge in [0.25, 0.3) is 0 Å². The highest BCUT2D eigenvalue weighted by atomic mass is 127. The fourth-order valence-electron chi connectivity index (χ4n) is 4.28. The lowest BCUT2D eigenvalue weighted by molar-refractivity contribution is 0.181. The van der Waals surface area contributed by atoms with E-state index >= 15 is 0 Å². The van der Waals surface area contributed by atoms with Crippen LogP contribution < -0.4 is 5.32 Å². The summed E-state index contributed by atoms with van der Waals surface area (Å²) in [5.74, 6) is 1.67. The third-order valence-corrected chi connectivity index (χ3v) is 5.73. The van der Waals surface area contributed by atoms with Crippen molar-refractivity contribution in [3.63, 3.8) is 0 Å². The van der Waals surface area contributed by atoms with Gasteiger partial charge in [-0.25, -0.2) is 0 Å². The second kappa shape index (κ2) is 10.5. The number of nitrogens with zero attached hydrogens (tertiary/aromatic N) is 2. The zero-order valence-corrected chi connectivity index (χ0v) is 18.6. The highest BCUT2D eigenvalue weighted by Gasteiger charge is 2.35. The molecule has 1 heterocycles. The second-order valence-electron chi connectivity index (χ2n) is 7.63. The molecule has 2 fully saturated rings. The van der Waals surface area contributed by atoms with Crippen LogP contribution in [0.25, 0.3) is 0 Å². The van der Waals surface area contributed by atoms with Crippen LogP contribution in [0.2, 0.25) is 0 Å². The van der Waals surface area contributed by atoms with Crippen molar-refractivity contribution < 1.29 is 4.74 Å². The first-order chi connectivity index (χ1) is 12.2. The summed E-state index contributed by atoms with van der Waals surface area (Å²) < 4.78 is 5.53. The standard InChI is InChI=1S/C21H33N3O.HI/c1-3-22-20(24(2)15-18-11-14-25-16-18)23-17-21(12-7-8-13-21)19-9-5-4-6-10-19;/h4-6,9-10,18H,3,7-8,11-17H2,1-2H3,(H,22,23);1H. The minimum atomic E-state index is 0. The average molecular weight is 471 g/mol. The van der Waals surface area contributed by atoms with Crippen molar-refractivity contribution in [3.8, 4) is 0 Å². The van der Waals surface area contributed by atoms with E-state index in [1.807, 2.05) is 0 Å². The molecule has 1 saturated heterocycles. The smallest absolute Gasteiger partial charge is 0.193 e. The number of guanidine groups is 1. The summed E-state index contributed by atoms with van der Waals surface area (Å²) >= 11 is 0. The van der Waals surface area contributed by atoms with Crippen LogP contribution in [0.4, 0.5) is 0 Å². The first-order valence-electron chi connectivity index (χ1n) is 9.86. The fourth-order valence-corrected chi connectivity index (χ4v) is 4.28. The van der Waals surface area contributed by atoms with Gasteiger partial charge in [-0.3, -0.25) is 4.99 Å². The Balaban J connectivity index is 0.00000243. The highest BCUT2D eigenvalue weighted by molar-refractivity contribution is 14.0.